The van der Waals surface area contributed by atoms with Crippen LogP contribution in [-0.4, -0.2) is 48.7 Å². The Kier molecular flexibility index (Phi) is 7.17. The third-order valence-electron chi connectivity index (χ3n) is 3.01. The van der Waals surface area contributed by atoms with Gasteiger partial charge in [0.1, 0.15) is 0 Å². The van der Waals surface area contributed by atoms with E-state index in [1.54, 1.807) is 0 Å². The molecule has 1 fully saturated rings. The molecule has 0 saturated carbocycles. The van der Waals surface area contributed by atoms with Gasteiger partial charge in [-0.2, -0.15) is 0 Å². The zero-order valence-electron chi connectivity index (χ0n) is 10.1. The maximum atomic E-state index is 11.3. The summed E-state index contributed by atoms with van der Waals surface area (Å²) in [6, 6.07) is 0. The van der Waals surface area contributed by atoms with E-state index < -0.39 is 0 Å². The third-order valence-corrected chi connectivity index (χ3v) is 3.01. The van der Waals surface area contributed by atoms with Gasteiger partial charge in [-0.25, -0.2) is 0 Å². The second kappa shape index (κ2) is 8.53. The molecule has 0 aliphatic carbocycles. The van der Waals surface area contributed by atoms with Crippen LogP contribution in [-0.2, 0) is 4.79 Å². The van der Waals surface area contributed by atoms with E-state index in [0.29, 0.717) is 6.42 Å². The Labute approximate surface area is 98.0 Å². The molecule has 0 unspecified atom stereocenters. The molecular weight excluding hydrogens is 204 g/mol. The van der Waals surface area contributed by atoms with Crippen LogP contribution < -0.4 is 5.32 Å². The number of aliphatic hydroxyl groups is 1. The van der Waals surface area contributed by atoms with Gasteiger partial charge >= 0.3 is 0 Å². The van der Waals surface area contributed by atoms with Gasteiger partial charge in [-0.15, -0.1) is 0 Å². The van der Waals surface area contributed by atoms with Gasteiger partial charge in [-0.3, -0.25) is 4.79 Å². The molecule has 1 aliphatic rings. The number of rotatable bonds is 7. The molecule has 0 aromatic heterocycles. The van der Waals surface area contributed by atoms with Crippen molar-refractivity contribution in [1.82, 2.24) is 10.2 Å². The maximum Gasteiger partial charge on any atom is 0.220 e. The third kappa shape index (κ3) is 6.08. The van der Waals surface area contributed by atoms with Crippen molar-refractivity contribution < 1.29 is 9.90 Å². The summed E-state index contributed by atoms with van der Waals surface area (Å²) in [5.74, 6) is 0.116. The first kappa shape index (κ1) is 13.5. The normalized spacial score (nSPS) is 17.3. The zero-order chi connectivity index (χ0) is 11.6. The highest BCUT2D eigenvalue weighted by atomic mass is 16.2. The Balaban J connectivity index is 1.94. The summed E-state index contributed by atoms with van der Waals surface area (Å²) >= 11 is 0. The second-order valence-electron chi connectivity index (χ2n) is 4.43. The number of nitrogens with zero attached hydrogens (tertiary/aromatic N) is 1. The van der Waals surface area contributed by atoms with Crippen molar-refractivity contribution in [2.24, 2.45) is 0 Å². The zero-order valence-corrected chi connectivity index (χ0v) is 10.1. The molecule has 0 bridgehead atoms. The molecule has 1 saturated heterocycles. The fourth-order valence-electron chi connectivity index (χ4n) is 2.02. The molecule has 0 spiro atoms. The smallest absolute Gasteiger partial charge is 0.220 e. The van der Waals surface area contributed by atoms with Crippen LogP contribution in [0, 0.1) is 0 Å². The number of likely N-dealkylation sites (tertiary alicyclic amines) is 1. The minimum atomic E-state index is 0.116. The van der Waals surface area contributed by atoms with E-state index in [9.17, 15) is 4.79 Å². The SMILES string of the molecule is O=C(CCCCO)NCCN1CCCCC1. The van der Waals surface area contributed by atoms with Crippen LogP contribution in [0.4, 0.5) is 0 Å². The molecule has 0 aromatic rings. The quantitative estimate of drug-likeness (QED) is 0.632. The lowest BCUT2D eigenvalue weighted by molar-refractivity contribution is -0.121. The average molecular weight is 228 g/mol. The molecule has 4 nitrogen and oxygen atoms in total. The van der Waals surface area contributed by atoms with Crippen LogP contribution in [0.5, 0.6) is 0 Å². The number of hydrogen-bond acceptors (Lipinski definition) is 3. The van der Waals surface area contributed by atoms with Crippen molar-refractivity contribution >= 4 is 5.91 Å². The Hall–Kier alpha value is -0.610. The Bertz CT molecular complexity index is 191. The van der Waals surface area contributed by atoms with Crippen molar-refractivity contribution in [2.45, 2.75) is 38.5 Å². The van der Waals surface area contributed by atoms with Gasteiger partial charge in [0.2, 0.25) is 5.91 Å². The summed E-state index contributed by atoms with van der Waals surface area (Å²) in [4.78, 5) is 13.8. The minimum Gasteiger partial charge on any atom is -0.396 e. The van der Waals surface area contributed by atoms with Gasteiger partial charge in [0, 0.05) is 26.1 Å². The monoisotopic (exact) mass is 228 g/mol. The summed E-state index contributed by atoms with van der Waals surface area (Å²) in [6.45, 7) is 4.28. The summed E-state index contributed by atoms with van der Waals surface area (Å²) in [5.41, 5.74) is 0. The highest BCUT2D eigenvalue weighted by Crippen LogP contribution is 2.07. The fourth-order valence-corrected chi connectivity index (χ4v) is 2.02. The molecule has 16 heavy (non-hydrogen) atoms. The molecule has 1 heterocycles. The largest absolute Gasteiger partial charge is 0.396 e. The van der Waals surface area contributed by atoms with Crippen LogP contribution in [0.1, 0.15) is 38.5 Å². The first-order valence-electron chi connectivity index (χ1n) is 6.43. The molecular formula is C12H24N2O2. The number of carbonyl (C=O) groups is 1. The van der Waals surface area contributed by atoms with Gasteiger partial charge in [-0.1, -0.05) is 6.42 Å². The van der Waals surface area contributed by atoms with E-state index in [2.05, 4.69) is 10.2 Å². The molecule has 94 valence electrons. The lowest BCUT2D eigenvalue weighted by atomic mass is 10.1. The van der Waals surface area contributed by atoms with Crippen LogP contribution in [0.15, 0.2) is 0 Å². The number of hydrogen-bond donors (Lipinski definition) is 2. The number of unbranched alkanes of at least 4 members (excludes halogenated alkanes) is 1. The molecule has 1 aliphatic heterocycles. The van der Waals surface area contributed by atoms with Crippen LogP contribution in [0.3, 0.4) is 0 Å². The van der Waals surface area contributed by atoms with E-state index >= 15 is 0 Å². The Morgan fingerprint density at radius 2 is 1.94 bits per heavy atom. The van der Waals surface area contributed by atoms with Gasteiger partial charge in [0.15, 0.2) is 0 Å². The molecule has 2 N–H and O–H groups in total. The Morgan fingerprint density at radius 3 is 2.62 bits per heavy atom. The number of piperidine rings is 1. The van der Waals surface area contributed by atoms with E-state index in [-0.39, 0.29) is 12.5 Å². The lowest BCUT2D eigenvalue weighted by Crippen LogP contribution is -2.37. The molecule has 0 radical (unpaired) electrons. The molecule has 1 amide bonds. The summed E-state index contributed by atoms with van der Waals surface area (Å²) < 4.78 is 0. The van der Waals surface area contributed by atoms with Crippen molar-refractivity contribution in [1.29, 1.82) is 0 Å². The van der Waals surface area contributed by atoms with E-state index in [1.165, 1.54) is 32.4 Å². The number of aliphatic hydroxyl groups excluding tert-OH is 1. The number of amides is 1. The predicted octanol–water partition coefficient (Wildman–Crippen LogP) is 0.751. The van der Waals surface area contributed by atoms with Crippen molar-refractivity contribution in [3.05, 3.63) is 0 Å². The van der Waals surface area contributed by atoms with Gasteiger partial charge in [0.05, 0.1) is 0 Å². The number of nitrogens with one attached hydrogen (secondary N) is 1. The van der Waals surface area contributed by atoms with Crippen molar-refractivity contribution in [3.8, 4) is 0 Å². The molecule has 0 aromatic carbocycles. The number of carbonyl (C=O) groups excluding carboxylic acids is 1. The van der Waals surface area contributed by atoms with Crippen LogP contribution in [0.2, 0.25) is 0 Å². The predicted molar refractivity (Wildman–Crippen MR) is 64.2 cm³/mol. The van der Waals surface area contributed by atoms with E-state index in [0.717, 1.165) is 25.9 Å². The van der Waals surface area contributed by atoms with Crippen molar-refractivity contribution in [2.75, 3.05) is 32.8 Å². The van der Waals surface area contributed by atoms with Crippen LogP contribution >= 0.6 is 0 Å². The van der Waals surface area contributed by atoms with Gasteiger partial charge in [0.25, 0.3) is 0 Å². The summed E-state index contributed by atoms with van der Waals surface area (Å²) in [6.07, 6.45) is 5.99. The summed E-state index contributed by atoms with van der Waals surface area (Å²) in [5, 5.41) is 11.5. The minimum absolute atomic E-state index is 0.116. The highest BCUT2D eigenvalue weighted by Gasteiger charge is 2.09. The maximum absolute atomic E-state index is 11.3. The second-order valence-corrected chi connectivity index (χ2v) is 4.43. The van der Waals surface area contributed by atoms with Gasteiger partial charge in [-0.05, 0) is 38.8 Å². The summed E-state index contributed by atoms with van der Waals surface area (Å²) in [7, 11) is 0. The average Bonchev–Trinajstić information content (AvgIpc) is 2.31. The topological polar surface area (TPSA) is 52.6 Å². The standard InChI is InChI=1S/C12H24N2O2/c15-11-5-2-6-12(16)13-7-10-14-8-3-1-4-9-14/h15H,1-11H2,(H,13,16). The van der Waals surface area contributed by atoms with Gasteiger partial charge < -0.3 is 15.3 Å². The lowest BCUT2D eigenvalue weighted by Gasteiger charge is -2.26. The fraction of sp³-hybridized carbons (Fsp3) is 0.917. The Morgan fingerprint density at radius 1 is 1.19 bits per heavy atom. The molecule has 1 rings (SSSR count). The first-order valence-corrected chi connectivity index (χ1v) is 6.43. The first-order chi connectivity index (χ1) is 7.83. The molecule has 0 atom stereocenters. The van der Waals surface area contributed by atoms with E-state index in [1.807, 2.05) is 0 Å². The van der Waals surface area contributed by atoms with Crippen LogP contribution in [0.25, 0.3) is 0 Å². The van der Waals surface area contributed by atoms with E-state index in [4.69, 9.17) is 5.11 Å². The van der Waals surface area contributed by atoms with Crippen molar-refractivity contribution in [3.63, 3.8) is 0 Å². The molecule has 4 heteroatoms. The highest BCUT2D eigenvalue weighted by molar-refractivity contribution is 5.75.